The number of nitrogens with one attached hydrogen (secondary N) is 2. The molecule has 0 aromatic carbocycles. The van der Waals surface area contributed by atoms with Gasteiger partial charge in [-0.25, -0.2) is 22.5 Å². The number of thiazole rings is 1. The number of likely N-dealkylation sites (N-methyl/N-ethyl adjacent to an activating group) is 1. The number of nitrogens with zero attached hydrogens (tertiary/aromatic N) is 4. The van der Waals surface area contributed by atoms with Crippen molar-refractivity contribution in [1.82, 2.24) is 29.7 Å². The van der Waals surface area contributed by atoms with Gasteiger partial charge >= 0.3 is 47.4 Å². The quantitative estimate of drug-likeness (QED) is 0.163. The Morgan fingerprint density at radius 3 is 2.45 bits per heavy atom. The number of carbonyl (C=O) groups excluding carboxylic acids is 5. The van der Waals surface area contributed by atoms with Crippen LogP contribution in [0.5, 0.6) is 0 Å². The maximum atomic E-state index is 12.8. The van der Waals surface area contributed by atoms with Crippen LogP contribution >= 0.6 is 11.3 Å². The average molecular weight is 510 g/mol. The molecule has 0 spiro atoms. The number of rotatable bonds is 6. The predicted octanol–water partition coefficient (Wildman–Crippen LogP) is -5.32. The number of carbonyl (C=O) groups is 5. The summed E-state index contributed by atoms with van der Waals surface area (Å²) in [6.45, 7) is 3.16. The number of urea groups is 1. The molecule has 6 amide bonds. The summed E-state index contributed by atoms with van der Waals surface area (Å²) in [5, 5.41) is 6.64. The zero-order valence-corrected chi connectivity index (χ0v) is 21.6. The van der Waals surface area contributed by atoms with Gasteiger partial charge in [0, 0.05) is 25.0 Å². The molecule has 3 rings (SSSR count). The first-order valence-electron chi connectivity index (χ1n) is 9.35. The van der Waals surface area contributed by atoms with E-state index in [0.717, 1.165) is 0 Å². The Kier molecular flexibility index (Phi) is 8.58. The van der Waals surface area contributed by atoms with Crippen molar-refractivity contribution in [3.05, 3.63) is 16.1 Å². The molecular formula is C16H19N6NaO8S2. The number of aromatic nitrogens is 1. The van der Waals surface area contributed by atoms with Crippen LogP contribution in [0.4, 0.5) is 4.79 Å². The van der Waals surface area contributed by atoms with Gasteiger partial charge in [0.2, 0.25) is 5.91 Å². The Morgan fingerprint density at radius 1 is 1.27 bits per heavy atom. The fourth-order valence-corrected chi connectivity index (χ4v) is 4.43. The first kappa shape index (κ1) is 27.1. The third kappa shape index (κ3) is 5.70. The Hall–Kier alpha value is -2.11. The minimum atomic E-state index is -4.98. The van der Waals surface area contributed by atoms with Gasteiger partial charge in [-0.1, -0.05) is 0 Å². The second-order valence-corrected chi connectivity index (χ2v) is 9.26. The molecule has 2 unspecified atom stereocenters. The van der Waals surface area contributed by atoms with Crippen LogP contribution in [0.2, 0.25) is 0 Å². The van der Waals surface area contributed by atoms with Crippen molar-refractivity contribution in [2.24, 2.45) is 0 Å². The normalized spacial score (nSPS) is 19.5. The Balaban J connectivity index is 0.00000385. The molecule has 174 valence electrons. The number of hydrogen-bond acceptors (Lipinski definition) is 10. The molecule has 33 heavy (non-hydrogen) atoms. The summed E-state index contributed by atoms with van der Waals surface area (Å²) in [6.07, 6.45) is 0. The molecule has 0 saturated carbocycles. The molecule has 17 heteroatoms. The van der Waals surface area contributed by atoms with Crippen molar-refractivity contribution in [1.29, 1.82) is 0 Å². The van der Waals surface area contributed by atoms with Crippen LogP contribution in [0.3, 0.4) is 0 Å². The van der Waals surface area contributed by atoms with E-state index in [4.69, 9.17) is 0 Å². The molecular weight excluding hydrogens is 491 g/mol. The third-order valence-corrected chi connectivity index (χ3v) is 6.54. The summed E-state index contributed by atoms with van der Waals surface area (Å²) in [4.78, 5) is 67.7. The van der Waals surface area contributed by atoms with Crippen LogP contribution in [0.25, 0.3) is 0 Å². The number of β-lactam (4-membered cyclic amide) rings is 1. The molecule has 2 atom stereocenters. The maximum absolute atomic E-state index is 12.8. The Labute approximate surface area is 214 Å². The average Bonchev–Trinajstić information content (AvgIpc) is 3.15. The second kappa shape index (κ2) is 10.4. The molecule has 2 aliphatic rings. The van der Waals surface area contributed by atoms with E-state index in [1.807, 2.05) is 0 Å². The molecule has 14 nitrogen and oxygen atoms in total. The van der Waals surface area contributed by atoms with Gasteiger partial charge in [0.25, 0.3) is 5.91 Å². The van der Waals surface area contributed by atoms with Crippen molar-refractivity contribution < 1.29 is 66.5 Å². The van der Waals surface area contributed by atoms with Crippen LogP contribution in [-0.2, 0) is 29.5 Å². The van der Waals surface area contributed by atoms with E-state index < -0.39 is 58.6 Å². The maximum Gasteiger partial charge on any atom is 1.00 e. The minimum Gasteiger partial charge on any atom is -0.731 e. The van der Waals surface area contributed by atoms with E-state index in [2.05, 4.69) is 15.6 Å². The van der Waals surface area contributed by atoms with E-state index >= 15 is 0 Å². The molecule has 1 aromatic heterocycles. The minimum absolute atomic E-state index is 0. The van der Waals surface area contributed by atoms with Crippen LogP contribution in [-0.4, -0.2) is 93.9 Å². The zero-order chi connectivity index (χ0) is 23.8. The summed E-state index contributed by atoms with van der Waals surface area (Å²) < 4.78 is 32.9. The topological polar surface area (TPSA) is 189 Å². The van der Waals surface area contributed by atoms with Crippen LogP contribution in [0, 0.1) is 6.92 Å². The van der Waals surface area contributed by atoms with Crippen LogP contribution in [0.15, 0.2) is 5.38 Å². The van der Waals surface area contributed by atoms with Crippen LogP contribution < -0.4 is 40.2 Å². The van der Waals surface area contributed by atoms with E-state index in [0.29, 0.717) is 16.5 Å². The molecule has 0 radical (unpaired) electrons. The van der Waals surface area contributed by atoms with Crippen molar-refractivity contribution in [3.63, 3.8) is 0 Å². The molecule has 0 aliphatic carbocycles. The molecule has 2 aliphatic heterocycles. The summed E-state index contributed by atoms with van der Waals surface area (Å²) in [5.41, 5.74) is 0.115. The van der Waals surface area contributed by atoms with Gasteiger partial charge in [-0.3, -0.25) is 24.1 Å². The standard InChI is InChI=1S/C16H20N6O8S2.Na/c1-3-20-4-5-21(15(26)14(20)25)16(27)19-11(10-7-31-8(2)17-10)12(23)18-9-6-22(13(9)24)32(28,29)30;/h7,9,11H,3-6H2,1-2H3,(H,18,23)(H,19,27)(H,28,29,30);/q;+1/p-1. The van der Waals surface area contributed by atoms with Crippen molar-refractivity contribution in [3.8, 4) is 0 Å². The van der Waals surface area contributed by atoms with Crippen LogP contribution in [0.1, 0.15) is 23.7 Å². The van der Waals surface area contributed by atoms with Crippen molar-refractivity contribution >= 4 is 51.3 Å². The van der Waals surface area contributed by atoms with Gasteiger partial charge in [-0.05, 0) is 13.8 Å². The molecule has 0 bridgehead atoms. The first-order chi connectivity index (χ1) is 14.9. The van der Waals surface area contributed by atoms with Gasteiger partial charge in [0.05, 0.1) is 17.2 Å². The van der Waals surface area contributed by atoms with E-state index in [1.165, 1.54) is 21.6 Å². The molecule has 2 saturated heterocycles. The van der Waals surface area contributed by atoms with Gasteiger partial charge in [-0.15, -0.1) is 11.3 Å². The Morgan fingerprint density at radius 2 is 1.94 bits per heavy atom. The summed E-state index contributed by atoms with van der Waals surface area (Å²) in [6, 6.07) is -3.72. The molecule has 2 fully saturated rings. The monoisotopic (exact) mass is 510 g/mol. The molecule has 2 N–H and O–H groups in total. The predicted molar refractivity (Wildman–Crippen MR) is 105 cm³/mol. The largest absolute Gasteiger partial charge is 1.00 e. The molecule has 1 aromatic rings. The zero-order valence-electron chi connectivity index (χ0n) is 17.9. The first-order valence-corrected chi connectivity index (χ1v) is 11.6. The number of amides is 6. The smallest absolute Gasteiger partial charge is 0.731 e. The number of piperazine rings is 1. The molecule has 3 heterocycles. The fourth-order valence-electron chi connectivity index (χ4n) is 3.12. The van der Waals surface area contributed by atoms with Crippen molar-refractivity contribution in [2.45, 2.75) is 25.9 Å². The van der Waals surface area contributed by atoms with Crippen molar-refractivity contribution in [2.75, 3.05) is 26.2 Å². The third-order valence-electron chi connectivity index (χ3n) is 4.88. The second-order valence-electron chi connectivity index (χ2n) is 6.90. The van der Waals surface area contributed by atoms with Gasteiger partial charge in [0.1, 0.15) is 6.04 Å². The number of aryl methyl sites for hydroxylation is 1. The van der Waals surface area contributed by atoms with E-state index in [-0.39, 0.29) is 52.6 Å². The van der Waals surface area contributed by atoms with E-state index in [9.17, 15) is 36.9 Å². The Bertz CT molecular complexity index is 1090. The van der Waals surface area contributed by atoms with E-state index in [1.54, 1.807) is 13.8 Å². The number of hydrogen-bond donors (Lipinski definition) is 2. The summed E-state index contributed by atoms with van der Waals surface area (Å²) in [7, 11) is -4.98. The fraction of sp³-hybridized carbons (Fsp3) is 0.500. The van der Waals surface area contributed by atoms with Gasteiger partial charge < -0.3 is 20.1 Å². The van der Waals surface area contributed by atoms with Gasteiger partial charge in [-0.2, -0.15) is 0 Å². The number of imide groups is 1. The summed E-state index contributed by atoms with van der Waals surface area (Å²) in [5.74, 6) is -3.91. The van der Waals surface area contributed by atoms with Gasteiger partial charge in [0.15, 0.2) is 16.3 Å². The summed E-state index contributed by atoms with van der Waals surface area (Å²) >= 11 is 1.18. The SMILES string of the molecule is CCN1CCN(C(=O)NC(C(=O)NC2CN(S(=O)(=O)[O-])C2=O)c2csc(C)n2)C(=O)C1=O.[Na+].